The molecule has 0 spiro atoms. The summed E-state index contributed by atoms with van der Waals surface area (Å²) in [6, 6.07) is 0. The van der Waals surface area contributed by atoms with Gasteiger partial charge in [0.05, 0.1) is 0 Å². The monoisotopic (exact) mass is 197 g/mol. The van der Waals surface area contributed by atoms with Crippen molar-refractivity contribution in [3.63, 3.8) is 0 Å². The minimum absolute atomic E-state index is 0. The topological polar surface area (TPSA) is 39.8 Å². The van der Waals surface area contributed by atoms with E-state index in [1.54, 1.807) is 0 Å². The van der Waals surface area contributed by atoms with Crippen molar-refractivity contribution in [3.05, 3.63) is 20.7 Å². The van der Waals surface area contributed by atoms with E-state index in [9.17, 15) is 0 Å². The van der Waals surface area contributed by atoms with Gasteiger partial charge in [-0.05, 0) is 0 Å². The fourth-order valence-electron chi connectivity index (χ4n) is 0.884. The Labute approximate surface area is 79.7 Å². The van der Waals surface area contributed by atoms with Gasteiger partial charge in [0.15, 0.2) is 0 Å². The van der Waals surface area contributed by atoms with E-state index in [0.717, 1.165) is 0 Å². The van der Waals surface area contributed by atoms with E-state index in [2.05, 4.69) is 13.3 Å². The average Bonchev–Trinajstić information content (AvgIpc) is 2.51. The summed E-state index contributed by atoms with van der Waals surface area (Å²) in [6.07, 6.45) is 7.50. The van der Waals surface area contributed by atoms with Gasteiger partial charge in [-0.15, -0.1) is 0 Å². The Kier molecular flexibility index (Phi) is 66.1. The minimum atomic E-state index is 0. The van der Waals surface area contributed by atoms with Crippen molar-refractivity contribution >= 4 is 0 Å². The van der Waals surface area contributed by atoms with Crippen molar-refractivity contribution in [3.8, 4) is 0 Å². The number of rotatable bonds is 0. The minimum Gasteiger partial charge on any atom is -0.358 e. The van der Waals surface area contributed by atoms with E-state index in [-0.39, 0.29) is 24.5 Å². The summed E-state index contributed by atoms with van der Waals surface area (Å²) in [5.74, 6) is 0. The number of hydrogen-bond acceptors (Lipinski definition) is 0. The van der Waals surface area contributed by atoms with Crippen LogP contribution in [0.5, 0.6) is 0 Å². The molecule has 0 N–H and O–H groups in total. The predicted molar refractivity (Wildman–Crippen MR) is 37.4 cm³/mol. The SMILES string of the molecule is C1CCCC1.[C-]#[O+].[C-]#[O+].[CH3-].[Fe+2]. The van der Waals surface area contributed by atoms with Gasteiger partial charge in [0, 0.05) is 0 Å². The number of hydrogen-bond donors (Lipinski definition) is 0. The zero-order valence-corrected chi connectivity index (χ0v) is 7.81. The van der Waals surface area contributed by atoms with Crippen LogP contribution in [0.15, 0.2) is 0 Å². The Balaban J connectivity index is -0.0000000369. The van der Waals surface area contributed by atoms with Crippen molar-refractivity contribution in [2.45, 2.75) is 32.1 Å². The second kappa shape index (κ2) is 32.4. The largest absolute Gasteiger partial charge is 2.00 e. The van der Waals surface area contributed by atoms with Crippen LogP contribution in [0.4, 0.5) is 0 Å². The molecule has 0 aromatic rings. The molecule has 64 valence electrons. The van der Waals surface area contributed by atoms with Crippen molar-refractivity contribution in [2.75, 3.05) is 0 Å². The molecule has 0 saturated heterocycles. The molecule has 0 unspecified atom stereocenters. The summed E-state index contributed by atoms with van der Waals surface area (Å²) in [6.45, 7) is 9.00. The Hall–Kier alpha value is -0.000519. The van der Waals surface area contributed by atoms with Gasteiger partial charge in [-0.2, -0.15) is 0 Å². The first-order chi connectivity index (χ1) is 4.50. The molecule has 1 aliphatic carbocycles. The smallest absolute Gasteiger partial charge is 0.358 e. The van der Waals surface area contributed by atoms with Crippen LogP contribution in [0.25, 0.3) is 0 Å². The second-order valence-corrected chi connectivity index (χ2v) is 1.77. The van der Waals surface area contributed by atoms with Crippen LogP contribution in [0.2, 0.25) is 0 Å². The van der Waals surface area contributed by atoms with E-state index < -0.39 is 0 Å². The van der Waals surface area contributed by atoms with Crippen LogP contribution in [0, 0.1) is 20.7 Å². The Morgan fingerprint density at radius 2 is 0.727 bits per heavy atom. The molecule has 0 aromatic heterocycles. The van der Waals surface area contributed by atoms with Crippen molar-refractivity contribution in [2.24, 2.45) is 0 Å². The third-order valence-electron chi connectivity index (χ3n) is 1.25. The van der Waals surface area contributed by atoms with Gasteiger partial charge in [-0.3, -0.25) is 0 Å². The molecule has 2 nitrogen and oxygen atoms in total. The van der Waals surface area contributed by atoms with Gasteiger partial charge in [0.2, 0.25) is 0 Å². The van der Waals surface area contributed by atoms with Gasteiger partial charge >= 0.3 is 39.7 Å². The van der Waals surface area contributed by atoms with E-state index in [4.69, 9.17) is 9.30 Å². The summed E-state index contributed by atoms with van der Waals surface area (Å²) >= 11 is 0. The standard InChI is InChI=1S/C5H10.2CO.CH3.Fe/c1-2-4-5-3-1;2*1-2;;/h1-5H2;;;1H3;/q;;;-1;+2. The normalized spacial score (nSPS) is 11.3. The summed E-state index contributed by atoms with van der Waals surface area (Å²) in [4.78, 5) is 0. The van der Waals surface area contributed by atoms with Crippen molar-refractivity contribution < 1.29 is 26.4 Å². The van der Waals surface area contributed by atoms with E-state index >= 15 is 0 Å². The molecule has 0 atom stereocenters. The molecule has 0 heterocycles. The molecule has 11 heavy (non-hydrogen) atoms. The van der Waals surface area contributed by atoms with Crippen molar-refractivity contribution in [1.82, 2.24) is 0 Å². The van der Waals surface area contributed by atoms with Gasteiger partial charge in [0.1, 0.15) is 0 Å². The first-order valence-electron chi connectivity index (χ1n) is 2.91. The zero-order chi connectivity index (χ0) is 7.54. The molecule has 0 aromatic carbocycles. The quantitative estimate of drug-likeness (QED) is 0.325. The van der Waals surface area contributed by atoms with Crippen LogP contribution in [-0.2, 0) is 26.4 Å². The molecule has 0 amide bonds. The summed E-state index contributed by atoms with van der Waals surface area (Å²) in [5.41, 5.74) is 0. The average molecular weight is 197 g/mol. The Bertz CT molecular complexity index is 61.0. The van der Waals surface area contributed by atoms with Gasteiger partial charge in [0.25, 0.3) is 0 Å². The van der Waals surface area contributed by atoms with Gasteiger partial charge in [-0.25, -0.2) is 0 Å². The predicted octanol–water partition coefficient (Wildman–Crippen LogP) is 2.32. The Morgan fingerprint density at radius 1 is 0.636 bits per heavy atom. The van der Waals surface area contributed by atoms with Gasteiger partial charge in [-0.1, -0.05) is 32.1 Å². The van der Waals surface area contributed by atoms with E-state index in [1.807, 2.05) is 0 Å². The van der Waals surface area contributed by atoms with Crippen LogP contribution in [0.1, 0.15) is 32.1 Å². The van der Waals surface area contributed by atoms with E-state index in [1.165, 1.54) is 32.1 Å². The van der Waals surface area contributed by atoms with Crippen molar-refractivity contribution in [1.29, 1.82) is 0 Å². The molecule has 0 radical (unpaired) electrons. The van der Waals surface area contributed by atoms with Crippen LogP contribution in [-0.4, -0.2) is 0 Å². The molecular formula is C8H13FeO2+. The molecule has 0 bridgehead atoms. The molecule has 0 aliphatic heterocycles. The van der Waals surface area contributed by atoms with E-state index in [0.29, 0.717) is 0 Å². The zero-order valence-electron chi connectivity index (χ0n) is 6.71. The maximum absolute atomic E-state index is 7.50. The molecule has 3 heteroatoms. The fraction of sp³-hybridized carbons (Fsp3) is 0.625. The van der Waals surface area contributed by atoms with Crippen LogP contribution < -0.4 is 0 Å². The molecular weight excluding hydrogens is 184 g/mol. The van der Waals surface area contributed by atoms with Crippen LogP contribution >= 0.6 is 0 Å². The molecule has 1 aliphatic rings. The summed E-state index contributed by atoms with van der Waals surface area (Å²) in [5, 5.41) is 0. The van der Waals surface area contributed by atoms with Crippen LogP contribution in [0.3, 0.4) is 0 Å². The maximum atomic E-state index is 7.50. The maximum Gasteiger partial charge on any atom is 2.00 e. The fourth-order valence-corrected chi connectivity index (χ4v) is 0.884. The molecule has 1 rings (SSSR count). The molecule has 1 fully saturated rings. The van der Waals surface area contributed by atoms with Gasteiger partial charge < -0.3 is 7.43 Å². The first kappa shape index (κ1) is 22.4. The third kappa shape index (κ3) is 25.6. The Morgan fingerprint density at radius 3 is 0.818 bits per heavy atom. The second-order valence-electron chi connectivity index (χ2n) is 1.77. The summed E-state index contributed by atoms with van der Waals surface area (Å²) < 4.78 is 15.0. The summed E-state index contributed by atoms with van der Waals surface area (Å²) in [7, 11) is 0. The third-order valence-corrected chi connectivity index (χ3v) is 1.25. The first-order valence-corrected chi connectivity index (χ1v) is 2.91. The molecule has 1 saturated carbocycles.